The number of rotatable bonds is 1. The number of aromatic nitrogens is 1. The standard InChI is InChI=1S/C16H18ClN/c1-10-7-8-13-14(9-17)12-5-3-4-6-15(12)18-16(13)11(10)2/h7-8H,3-6,9H2,1-2H3. The molecule has 1 heterocycles. The summed E-state index contributed by atoms with van der Waals surface area (Å²) in [6, 6.07) is 4.38. The first-order valence-corrected chi connectivity index (χ1v) is 7.22. The van der Waals surface area contributed by atoms with Crippen LogP contribution in [0.25, 0.3) is 10.9 Å². The Balaban J connectivity index is 2.40. The van der Waals surface area contributed by atoms with Gasteiger partial charge in [-0.15, -0.1) is 11.6 Å². The van der Waals surface area contributed by atoms with Crippen LogP contribution in [0.2, 0.25) is 0 Å². The van der Waals surface area contributed by atoms with Crippen LogP contribution in [0.15, 0.2) is 12.1 Å². The van der Waals surface area contributed by atoms with Gasteiger partial charge in [-0.25, -0.2) is 0 Å². The minimum Gasteiger partial charge on any atom is -0.252 e. The van der Waals surface area contributed by atoms with E-state index >= 15 is 0 Å². The molecule has 0 aliphatic heterocycles. The number of alkyl halides is 1. The molecular formula is C16H18ClN. The summed E-state index contributed by atoms with van der Waals surface area (Å²) < 4.78 is 0. The molecule has 0 unspecified atom stereocenters. The zero-order valence-corrected chi connectivity index (χ0v) is 11.8. The Kier molecular flexibility index (Phi) is 3.03. The van der Waals surface area contributed by atoms with E-state index < -0.39 is 0 Å². The summed E-state index contributed by atoms with van der Waals surface area (Å²) in [4.78, 5) is 4.93. The van der Waals surface area contributed by atoms with Gasteiger partial charge in [0.1, 0.15) is 0 Å². The van der Waals surface area contributed by atoms with Gasteiger partial charge in [-0.3, -0.25) is 4.98 Å². The van der Waals surface area contributed by atoms with Crippen molar-refractivity contribution in [1.29, 1.82) is 0 Å². The number of hydrogen-bond acceptors (Lipinski definition) is 1. The van der Waals surface area contributed by atoms with Crippen molar-refractivity contribution in [3.8, 4) is 0 Å². The Bertz CT molecular complexity index is 616. The van der Waals surface area contributed by atoms with Crippen molar-refractivity contribution in [2.45, 2.75) is 45.4 Å². The average Bonchev–Trinajstić information content (AvgIpc) is 2.41. The van der Waals surface area contributed by atoms with Crippen molar-refractivity contribution in [3.05, 3.63) is 40.1 Å². The Morgan fingerprint density at radius 1 is 1.17 bits per heavy atom. The first kappa shape index (κ1) is 12.0. The summed E-state index contributed by atoms with van der Waals surface area (Å²) in [5, 5.41) is 1.26. The summed E-state index contributed by atoms with van der Waals surface area (Å²) in [6.45, 7) is 4.31. The molecule has 2 aromatic rings. The highest BCUT2D eigenvalue weighted by Gasteiger charge is 2.18. The third-order valence-electron chi connectivity index (χ3n) is 4.21. The summed E-state index contributed by atoms with van der Waals surface area (Å²) >= 11 is 6.21. The molecule has 1 aliphatic carbocycles. The maximum atomic E-state index is 6.21. The van der Waals surface area contributed by atoms with E-state index in [0.29, 0.717) is 5.88 Å². The van der Waals surface area contributed by atoms with Gasteiger partial charge in [-0.2, -0.15) is 0 Å². The Morgan fingerprint density at radius 3 is 2.72 bits per heavy atom. The maximum absolute atomic E-state index is 6.21. The second kappa shape index (κ2) is 4.55. The molecule has 0 bridgehead atoms. The lowest BCUT2D eigenvalue weighted by Gasteiger charge is -2.20. The molecule has 0 N–H and O–H groups in total. The van der Waals surface area contributed by atoms with E-state index in [1.54, 1.807) is 0 Å². The fourth-order valence-corrected chi connectivity index (χ4v) is 3.28. The predicted octanol–water partition coefficient (Wildman–Crippen LogP) is 4.47. The van der Waals surface area contributed by atoms with Gasteiger partial charge in [0.05, 0.1) is 5.52 Å². The molecule has 1 aromatic carbocycles. The maximum Gasteiger partial charge on any atom is 0.0740 e. The predicted molar refractivity (Wildman–Crippen MR) is 77.4 cm³/mol. The van der Waals surface area contributed by atoms with Gasteiger partial charge >= 0.3 is 0 Å². The average molecular weight is 260 g/mol. The van der Waals surface area contributed by atoms with Gasteiger partial charge in [0, 0.05) is 17.0 Å². The van der Waals surface area contributed by atoms with Crippen LogP contribution in [0.3, 0.4) is 0 Å². The van der Waals surface area contributed by atoms with Crippen LogP contribution in [0.4, 0.5) is 0 Å². The third-order valence-corrected chi connectivity index (χ3v) is 4.48. The number of halogens is 1. The molecule has 1 nitrogen and oxygen atoms in total. The summed E-state index contributed by atoms with van der Waals surface area (Å²) in [6.07, 6.45) is 4.79. The number of hydrogen-bond donors (Lipinski definition) is 0. The van der Waals surface area contributed by atoms with E-state index in [1.807, 2.05) is 0 Å². The van der Waals surface area contributed by atoms with E-state index in [1.165, 1.54) is 46.2 Å². The molecular weight excluding hydrogens is 242 g/mol. The van der Waals surface area contributed by atoms with Crippen molar-refractivity contribution in [2.24, 2.45) is 0 Å². The SMILES string of the molecule is Cc1ccc2c(CCl)c3c(nc2c1C)CCCC3. The van der Waals surface area contributed by atoms with Crippen molar-refractivity contribution < 1.29 is 0 Å². The highest BCUT2D eigenvalue weighted by atomic mass is 35.5. The Hall–Kier alpha value is -1.08. The first-order valence-electron chi connectivity index (χ1n) is 6.69. The molecule has 0 amide bonds. The van der Waals surface area contributed by atoms with Gasteiger partial charge in [-0.05, 0) is 61.8 Å². The fourth-order valence-electron chi connectivity index (χ4n) is 2.98. The van der Waals surface area contributed by atoms with Gasteiger partial charge < -0.3 is 0 Å². The zero-order valence-electron chi connectivity index (χ0n) is 11.0. The molecule has 0 radical (unpaired) electrons. The smallest absolute Gasteiger partial charge is 0.0740 e. The van der Waals surface area contributed by atoms with Gasteiger partial charge in [-0.1, -0.05) is 12.1 Å². The molecule has 1 aliphatic rings. The molecule has 0 spiro atoms. The largest absolute Gasteiger partial charge is 0.252 e. The van der Waals surface area contributed by atoms with Crippen LogP contribution in [0, 0.1) is 13.8 Å². The highest BCUT2D eigenvalue weighted by molar-refractivity contribution is 6.18. The number of benzene rings is 1. The fraction of sp³-hybridized carbons (Fsp3) is 0.438. The molecule has 1 aromatic heterocycles. The number of fused-ring (bicyclic) bond motifs is 2. The summed E-state index contributed by atoms with van der Waals surface area (Å²) in [7, 11) is 0. The highest BCUT2D eigenvalue weighted by Crippen LogP contribution is 2.32. The molecule has 0 fully saturated rings. The van der Waals surface area contributed by atoms with E-state index in [-0.39, 0.29) is 0 Å². The zero-order chi connectivity index (χ0) is 12.7. The van der Waals surface area contributed by atoms with E-state index in [4.69, 9.17) is 16.6 Å². The number of pyridine rings is 1. The monoisotopic (exact) mass is 259 g/mol. The Morgan fingerprint density at radius 2 is 1.94 bits per heavy atom. The molecule has 94 valence electrons. The van der Waals surface area contributed by atoms with Crippen LogP contribution in [-0.4, -0.2) is 4.98 Å². The molecule has 0 saturated carbocycles. The van der Waals surface area contributed by atoms with Crippen molar-refractivity contribution >= 4 is 22.5 Å². The van der Waals surface area contributed by atoms with Crippen molar-refractivity contribution in [3.63, 3.8) is 0 Å². The Labute approximate surface area is 113 Å². The molecule has 0 atom stereocenters. The van der Waals surface area contributed by atoms with Crippen molar-refractivity contribution in [2.75, 3.05) is 0 Å². The lowest BCUT2D eigenvalue weighted by atomic mass is 9.89. The van der Waals surface area contributed by atoms with E-state index in [0.717, 1.165) is 18.4 Å². The first-order chi connectivity index (χ1) is 8.72. The minimum absolute atomic E-state index is 0.601. The van der Waals surface area contributed by atoms with Crippen LogP contribution >= 0.6 is 11.6 Å². The molecule has 18 heavy (non-hydrogen) atoms. The summed E-state index contributed by atoms with van der Waals surface area (Å²) in [5.41, 5.74) is 7.80. The van der Waals surface area contributed by atoms with Crippen LogP contribution in [0.1, 0.15) is 40.8 Å². The summed E-state index contributed by atoms with van der Waals surface area (Å²) in [5.74, 6) is 0.601. The minimum atomic E-state index is 0.601. The topological polar surface area (TPSA) is 12.9 Å². The van der Waals surface area contributed by atoms with Crippen LogP contribution < -0.4 is 0 Å². The van der Waals surface area contributed by atoms with Crippen molar-refractivity contribution in [1.82, 2.24) is 4.98 Å². The normalized spacial score (nSPS) is 14.8. The number of aryl methyl sites for hydroxylation is 3. The third kappa shape index (κ3) is 1.73. The van der Waals surface area contributed by atoms with Crippen LogP contribution in [-0.2, 0) is 18.7 Å². The van der Waals surface area contributed by atoms with E-state index in [2.05, 4.69) is 26.0 Å². The quantitative estimate of drug-likeness (QED) is 0.689. The van der Waals surface area contributed by atoms with E-state index in [9.17, 15) is 0 Å². The molecule has 0 saturated heterocycles. The van der Waals surface area contributed by atoms with Gasteiger partial charge in [0.25, 0.3) is 0 Å². The van der Waals surface area contributed by atoms with Crippen LogP contribution in [0.5, 0.6) is 0 Å². The lowest BCUT2D eigenvalue weighted by Crippen LogP contribution is -2.09. The molecule has 2 heteroatoms. The molecule has 3 rings (SSSR count). The van der Waals surface area contributed by atoms with Gasteiger partial charge in [0.2, 0.25) is 0 Å². The number of nitrogens with zero attached hydrogens (tertiary/aromatic N) is 1. The second-order valence-corrected chi connectivity index (χ2v) is 5.53. The second-order valence-electron chi connectivity index (χ2n) is 5.26. The van der Waals surface area contributed by atoms with Gasteiger partial charge in [0.15, 0.2) is 0 Å². The lowest BCUT2D eigenvalue weighted by molar-refractivity contribution is 0.667.